The molecule has 11 heteroatoms. The van der Waals surface area contributed by atoms with Crippen molar-refractivity contribution in [1.82, 2.24) is 9.34 Å². The van der Waals surface area contributed by atoms with Gasteiger partial charge in [0, 0.05) is 24.2 Å². The highest BCUT2D eigenvalue weighted by molar-refractivity contribution is 7.44. The van der Waals surface area contributed by atoms with E-state index < -0.39 is 23.2 Å². The number of aliphatic hydroxyl groups excluding tert-OH is 1. The second kappa shape index (κ2) is 18.0. The minimum absolute atomic E-state index is 0.0996. The SMILES string of the molecule is [2H]OC(COP(OCCC#N)N(C(C)C)C(C)C)COP(OCCC#N)N(C(C)C)C(C)C. The van der Waals surface area contributed by atoms with Gasteiger partial charge in [-0.2, -0.15) is 10.5 Å². The largest absolute Gasteiger partial charge is 0.388 e. The molecule has 0 heterocycles. The molecule has 0 aromatic carbocycles. The Morgan fingerprint density at radius 2 is 1.06 bits per heavy atom. The molecule has 0 amide bonds. The number of nitriles is 2. The second-order valence-corrected chi connectivity index (χ2v) is 11.2. The molecular weight excluding hydrogens is 450 g/mol. The maximum atomic E-state index is 8.84. The van der Waals surface area contributed by atoms with E-state index in [1.165, 1.54) is 0 Å². The molecule has 0 fully saturated rings. The molecule has 0 aromatic rings. The van der Waals surface area contributed by atoms with Gasteiger partial charge in [-0.25, -0.2) is 9.34 Å². The Bertz CT molecular complexity index is 526. The van der Waals surface area contributed by atoms with Crippen molar-refractivity contribution >= 4 is 17.1 Å². The van der Waals surface area contributed by atoms with Crippen LogP contribution < -0.4 is 0 Å². The molecule has 0 aliphatic rings. The van der Waals surface area contributed by atoms with Gasteiger partial charge < -0.3 is 23.2 Å². The van der Waals surface area contributed by atoms with Crippen LogP contribution in [0.2, 0.25) is 0 Å². The van der Waals surface area contributed by atoms with Crippen molar-refractivity contribution in [1.29, 1.82) is 12.0 Å². The van der Waals surface area contributed by atoms with Crippen LogP contribution in [0.25, 0.3) is 0 Å². The Kier molecular flexibility index (Phi) is 16.6. The minimum atomic E-state index is -1.43. The summed E-state index contributed by atoms with van der Waals surface area (Å²) >= 11 is 0. The molecular formula is C21H42N4O5P2. The van der Waals surface area contributed by atoms with Crippen LogP contribution in [0.15, 0.2) is 0 Å². The minimum Gasteiger partial charge on any atom is -0.388 e. The molecule has 0 spiro atoms. The monoisotopic (exact) mass is 493 g/mol. The average Bonchev–Trinajstić information content (AvgIpc) is 2.72. The van der Waals surface area contributed by atoms with Crippen LogP contribution >= 0.6 is 17.1 Å². The van der Waals surface area contributed by atoms with Crippen molar-refractivity contribution < 1.29 is 23.2 Å². The molecule has 2 unspecified atom stereocenters. The summed E-state index contributed by atoms with van der Waals surface area (Å²) in [4.78, 5) is 0. The quantitative estimate of drug-likeness (QED) is 0.198. The van der Waals surface area contributed by atoms with Crippen LogP contribution in [-0.4, -0.2) is 72.6 Å². The summed E-state index contributed by atoms with van der Waals surface area (Å²) in [5, 5.41) is 22.6. The fraction of sp³-hybridized carbons (Fsp3) is 0.905. The molecule has 2 atom stereocenters. The molecule has 0 aliphatic carbocycles. The van der Waals surface area contributed by atoms with Gasteiger partial charge in [0.15, 0.2) is 0 Å². The normalized spacial score (nSPS) is 15.4. The van der Waals surface area contributed by atoms with E-state index in [1.807, 2.05) is 0 Å². The number of rotatable bonds is 19. The Balaban J connectivity index is 5.20. The van der Waals surface area contributed by atoms with Crippen LogP contribution in [0.4, 0.5) is 0 Å². The van der Waals surface area contributed by atoms with E-state index in [1.54, 1.807) is 0 Å². The van der Waals surface area contributed by atoms with Crippen molar-refractivity contribution in [2.45, 2.75) is 98.5 Å². The van der Waals surface area contributed by atoms with Crippen molar-refractivity contribution in [3.8, 4) is 12.1 Å². The van der Waals surface area contributed by atoms with E-state index in [0.29, 0.717) is 0 Å². The summed E-state index contributed by atoms with van der Waals surface area (Å²) in [5.41, 5.74) is 0. The molecule has 0 rings (SSSR count). The summed E-state index contributed by atoms with van der Waals surface area (Å²) in [6.45, 7) is 17.2. The first-order chi connectivity index (χ1) is 15.6. The Morgan fingerprint density at radius 3 is 1.31 bits per heavy atom. The highest BCUT2D eigenvalue weighted by Gasteiger charge is 2.30. The van der Waals surface area contributed by atoms with Crippen molar-refractivity contribution in [2.24, 2.45) is 0 Å². The predicted molar refractivity (Wildman–Crippen MR) is 128 cm³/mol. The second-order valence-electron chi connectivity index (χ2n) is 8.31. The van der Waals surface area contributed by atoms with Crippen molar-refractivity contribution in [2.75, 3.05) is 26.4 Å². The topological polar surface area (TPSA) is 111 Å². The molecule has 186 valence electrons. The molecule has 0 aromatic heterocycles. The summed E-state index contributed by atoms with van der Waals surface area (Å²) < 4.78 is 35.6. The zero-order valence-corrected chi connectivity index (χ0v) is 22.6. The maximum absolute atomic E-state index is 8.84. The Hall–Kier alpha value is -0.440. The van der Waals surface area contributed by atoms with E-state index in [9.17, 15) is 0 Å². The predicted octanol–water partition coefficient (Wildman–Crippen LogP) is 4.93. The molecule has 9 nitrogen and oxygen atoms in total. The van der Waals surface area contributed by atoms with Crippen LogP contribution in [0, 0.1) is 22.7 Å². The fourth-order valence-electron chi connectivity index (χ4n) is 2.97. The third kappa shape index (κ3) is 12.7. The zero-order chi connectivity index (χ0) is 25.4. The highest BCUT2D eigenvalue weighted by Crippen LogP contribution is 2.47. The number of hydrogen-bond acceptors (Lipinski definition) is 9. The van der Waals surface area contributed by atoms with Gasteiger partial charge in [-0.05, 0) is 55.4 Å². The molecule has 0 saturated carbocycles. The number of aliphatic hydroxyl groups is 1. The Labute approximate surface area is 199 Å². The van der Waals surface area contributed by atoms with E-state index in [0.717, 1.165) is 0 Å². The lowest BCUT2D eigenvalue weighted by Gasteiger charge is -2.36. The molecule has 0 aliphatic heterocycles. The Morgan fingerprint density at radius 1 is 0.719 bits per heavy atom. The molecule has 0 bridgehead atoms. The lowest BCUT2D eigenvalue weighted by molar-refractivity contribution is 0.0452. The number of nitrogens with zero attached hydrogens (tertiary/aromatic N) is 4. The number of hydrogen-bond donors (Lipinski definition) is 1. The van der Waals surface area contributed by atoms with Gasteiger partial charge in [0.1, 0.15) is 6.10 Å². The van der Waals surface area contributed by atoms with Gasteiger partial charge in [0.05, 0.1) is 51.4 Å². The van der Waals surface area contributed by atoms with E-state index in [-0.39, 0.29) is 63.4 Å². The third-order valence-electron chi connectivity index (χ3n) is 4.07. The van der Waals surface area contributed by atoms with E-state index in [2.05, 4.69) is 76.9 Å². The third-order valence-corrected chi connectivity index (χ3v) is 8.21. The summed E-state index contributed by atoms with van der Waals surface area (Å²) in [6, 6.07) is 4.87. The van der Waals surface area contributed by atoms with Gasteiger partial charge in [0.25, 0.3) is 17.1 Å². The molecule has 0 saturated heterocycles. The first-order valence-electron chi connectivity index (χ1n) is 11.6. The average molecular weight is 494 g/mol. The smallest absolute Gasteiger partial charge is 0.259 e. The van der Waals surface area contributed by atoms with Crippen molar-refractivity contribution in [3.05, 3.63) is 0 Å². The van der Waals surface area contributed by atoms with Crippen LogP contribution in [-0.2, 0) is 18.1 Å². The molecule has 32 heavy (non-hydrogen) atoms. The summed E-state index contributed by atoms with van der Waals surface area (Å²) in [6.07, 6.45) is -0.0993. The maximum Gasteiger partial charge on any atom is 0.259 e. The van der Waals surface area contributed by atoms with E-state index >= 15 is 0 Å². The lowest BCUT2D eigenvalue weighted by atomic mass is 10.3. The van der Waals surface area contributed by atoms with Crippen LogP contribution in [0.3, 0.4) is 0 Å². The molecule has 1 N–H and O–H groups in total. The van der Waals surface area contributed by atoms with Gasteiger partial charge >= 0.3 is 0 Å². The van der Waals surface area contributed by atoms with Gasteiger partial charge in [-0.1, -0.05) is 0 Å². The van der Waals surface area contributed by atoms with Gasteiger partial charge in [-0.15, -0.1) is 0 Å². The van der Waals surface area contributed by atoms with Gasteiger partial charge in [-0.3, -0.25) is 0 Å². The standard InChI is InChI=1S/C21H42N4O5P2/c1-17(2)24(18(3)4)31(27-13-9-11-22)29-15-21(26)16-30-32(28-14-10-12-23)25(19(5)6)20(7)8/h17-21,26H,9-10,13-16H2,1-8H3/i26D. The lowest BCUT2D eigenvalue weighted by Crippen LogP contribution is -2.35. The van der Waals surface area contributed by atoms with Crippen LogP contribution in [0.5, 0.6) is 0 Å². The summed E-state index contributed by atoms with van der Waals surface area (Å²) in [7, 11) is -2.87. The molecule has 0 radical (unpaired) electrons. The van der Waals surface area contributed by atoms with E-state index in [4.69, 9.17) is 35.2 Å². The fourth-order valence-corrected chi connectivity index (χ4v) is 6.24. The van der Waals surface area contributed by atoms with Crippen LogP contribution in [0.1, 0.15) is 68.2 Å². The van der Waals surface area contributed by atoms with Gasteiger partial charge in [0.2, 0.25) is 1.43 Å². The first kappa shape index (κ1) is 29.6. The zero-order valence-electron chi connectivity index (χ0n) is 21.9. The van der Waals surface area contributed by atoms with Crippen molar-refractivity contribution in [3.63, 3.8) is 0 Å². The highest BCUT2D eigenvalue weighted by atomic mass is 31.2. The summed E-state index contributed by atoms with van der Waals surface area (Å²) in [5.74, 6) is 0. The first-order valence-corrected chi connectivity index (χ1v) is 13.4.